The van der Waals surface area contributed by atoms with E-state index in [0.29, 0.717) is 12.2 Å². The first-order chi connectivity index (χ1) is 21.7. The van der Waals surface area contributed by atoms with Gasteiger partial charge in [-0.3, -0.25) is 19.3 Å². The minimum atomic E-state index is -1.09. The predicted octanol–water partition coefficient (Wildman–Crippen LogP) is 4.06. The Balaban J connectivity index is 1.50. The molecule has 9 heteroatoms. The smallest absolute Gasteiger partial charge is 0.247 e. The van der Waals surface area contributed by atoms with E-state index in [0.717, 1.165) is 27.6 Å². The van der Waals surface area contributed by atoms with E-state index >= 15 is 0 Å². The van der Waals surface area contributed by atoms with Gasteiger partial charge in [-0.25, -0.2) is 0 Å². The molecule has 9 nitrogen and oxygen atoms in total. The SMILES string of the molecule is CC(C)C1Oc2ccc(cc2)C=CNC(=O)C(Cc2c[nH]c3ccccc23)NC(=O)C1NC(=O)C(Cc1ccccc1)N(C)C. The number of nitrogens with zero attached hydrogens (tertiary/aromatic N) is 1. The lowest BCUT2D eigenvalue weighted by molar-refractivity contribution is -0.136. The largest absolute Gasteiger partial charge is 0.487 e. The van der Waals surface area contributed by atoms with E-state index in [-0.39, 0.29) is 24.2 Å². The molecule has 2 aliphatic rings. The fourth-order valence-corrected chi connectivity index (χ4v) is 5.61. The number of fused-ring (bicyclic) bond motifs is 11. The summed E-state index contributed by atoms with van der Waals surface area (Å²) in [5, 5.41) is 9.80. The monoisotopic (exact) mass is 607 g/mol. The van der Waals surface area contributed by atoms with Gasteiger partial charge in [-0.05, 0) is 67.4 Å². The molecule has 0 aliphatic carbocycles. The van der Waals surface area contributed by atoms with Gasteiger partial charge in [0.05, 0.1) is 6.04 Å². The Labute approximate surface area is 264 Å². The van der Waals surface area contributed by atoms with Gasteiger partial charge in [0.1, 0.15) is 23.9 Å². The quantitative estimate of drug-likeness (QED) is 0.241. The average molecular weight is 608 g/mol. The second-order valence-electron chi connectivity index (χ2n) is 12.0. The number of rotatable bonds is 8. The third-order valence-corrected chi connectivity index (χ3v) is 8.15. The molecule has 3 amide bonds. The van der Waals surface area contributed by atoms with Crippen molar-refractivity contribution in [3.05, 3.63) is 108 Å². The van der Waals surface area contributed by atoms with Crippen LogP contribution in [-0.4, -0.2) is 65.9 Å². The van der Waals surface area contributed by atoms with Crippen molar-refractivity contribution in [1.82, 2.24) is 25.8 Å². The number of carbonyl (C=O) groups excluding carboxylic acids is 3. The highest BCUT2D eigenvalue weighted by molar-refractivity contribution is 5.94. The predicted molar refractivity (Wildman–Crippen MR) is 176 cm³/mol. The number of aromatic amines is 1. The number of likely N-dealkylation sites (N-methyl/N-ethyl adjacent to an activating group) is 1. The number of hydrogen-bond donors (Lipinski definition) is 4. The van der Waals surface area contributed by atoms with Crippen LogP contribution in [-0.2, 0) is 27.2 Å². The number of aromatic nitrogens is 1. The van der Waals surface area contributed by atoms with Gasteiger partial charge < -0.3 is 25.7 Å². The van der Waals surface area contributed by atoms with Crippen LogP contribution < -0.4 is 20.7 Å². The van der Waals surface area contributed by atoms with E-state index < -0.39 is 30.1 Å². The van der Waals surface area contributed by atoms with Crippen molar-refractivity contribution in [2.75, 3.05) is 14.1 Å². The molecule has 45 heavy (non-hydrogen) atoms. The van der Waals surface area contributed by atoms with Crippen LogP contribution >= 0.6 is 0 Å². The van der Waals surface area contributed by atoms with Crippen molar-refractivity contribution in [2.45, 2.75) is 50.9 Å². The molecule has 6 rings (SSSR count). The van der Waals surface area contributed by atoms with Crippen LogP contribution in [0.1, 0.15) is 30.5 Å². The van der Waals surface area contributed by atoms with Gasteiger partial charge in [0.2, 0.25) is 17.7 Å². The molecule has 4 N–H and O–H groups in total. The fourth-order valence-electron chi connectivity index (χ4n) is 5.61. The minimum Gasteiger partial charge on any atom is -0.487 e. The summed E-state index contributed by atoms with van der Waals surface area (Å²) in [5.41, 5.74) is 3.70. The number of benzene rings is 3. The first kappa shape index (κ1) is 31.5. The average Bonchev–Trinajstić information content (AvgIpc) is 3.44. The molecule has 0 radical (unpaired) electrons. The zero-order chi connectivity index (χ0) is 31.9. The van der Waals surface area contributed by atoms with Gasteiger partial charge in [-0.15, -0.1) is 0 Å². The van der Waals surface area contributed by atoms with Crippen LogP contribution in [0.25, 0.3) is 17.0 Å². The van der Waals surface area contributed by atoms with E-state index in [1.807, 2.05) is 118 Å². The third-order valence-electron chi connectivity index (χ3n) is 8.15. The Hall–Kier alpha value is -4.89. The number of nitrogens with one attached hydrogen (secondary N) is 4. The molecule has 4 aromatic rings. The number of para-hydroxylation sites is 1. The van der Waals surface area contributed by atoms with Crippen LogP contribution in [0.4, 0.5) is 0 Å². The van der Waals surface area contributed by atoms with Crippen molar-refractivity contribution in [3.63, 3.8) is 0 Å². The second kappa shape index (κ2) is 14.3. The summed E-state index contributed by atoms with van der Waals surface area (Å²) in [6.07, 6.45) is 5.19. The van der Waals surface area contributed by atoms with Crippen LogP contribution in [0.3, 0.4) is 0 Å². The standard InChI is InChI=1S/C36H41N5O4/c1-23(2)33-32(40-35(43)31(41(3)4)20-25-10-6-5-7-11-25)36(44)39-30(21-26-22-38-29-13-9-8-12-28(26)29)34(42)37-19-18-24-14-16-27(45-33)17-15-24/h5-19,22-23,30-33,38H,20-21H2,1-4H3,(H,37,42)(H,39,44)(H,40,43). The highest BCUT2D eigenvalue weighted by Crippen LogP contribution is 2.22. The van der Waals surface area contributed by atoms with Crippen molar-refractivity contribution in [1.29, 1.82) is 0 Å². The van der Waals surface area contributed by atoms with Crippen LogP contribution in [0.5, 0.6) is 5.75 Å². The molecule has 3 heterocycles. The minimum absolute atomic E-state index is 0.165. The third kappa shape index (κ3) is 7.80. The van der Waals surface area contributed by atoms with Crippen LogP contribution in [0.2, 0.25) is 0 Å². The van der Waals surface area contributed by atoms with E-state index in [1.165, 1.54) is 0 Å². The highest BCUT2D eigenvalue weighted by Gasteiger charge is 2.38. The highest BCUT2D eigenvalue weighted by atomic mass is 16.5. The molecule has 1 aromatic heterocycles. The van der Waals surface area contributed by atoms with Crippen molar-refractivity contribution < 1.29 is 19.1 Å². The number of carbonyl (C=O) groups is 3. The molecule has 3 aromatic carbocycles. The Morgan fingerprint density at radius 1 is 0.933 bits per heavy atom. The first-order valence-corrected chi connectivity index (χ1v) is 15.3. The van der Waals surface area contributed by atoms with Crippen molar-refractivity contribution in [3.8, 4) is 5.75 Å². The van der Waals surface area contributed by atoms with Gasteiger partial charge in [0.15, 0.2) is 0 Å². The zero-order valence-corrected chi connectivity index (χ0v) is 26.1. The number of H-pyrrole nitrogens is 1. The lowest BCUT2D eigenvalue weighted by Crippen LogP contribution is -2.62. The maximum atomic E-state index is 14.3. The molecule has 0 spiro atoms. The lowest BCUT2D eigenvalue weighted by atomic mass is 9.96. The molecule has 4 unspecified atom stereocenters. The van der Waals surface area contributed by atoms with Gasteiger partial charge >= 0.3 is 0 Å². The lowest BCUT2D eigenvalue weighted by Gasteiger charge is -2.33. The van der Waals surface area contributed by atoms with Crippen LogP contribution in [0, 0.1) is 5.92 Å². The maximum Gasteiger partial charge on any atom is 0.247 e. The Morgan fingerprint density at radius 3 is 2.36 bits per heavy atom. The van der Waals surface area contributed by atoms with Crippen molar-refractivity contribution in [2.24, 2.45) is 5.92 Å². The van der Waals surface area contributed by atoms with E-state index in [4.69, 9.17) is 4.74 Å². The fraction of sp³-hybridized carbons (Fsp3) is 0.306. The van der Waals surface area contributed by atoms with E-state index in [1.54, 1.807) is 12.3 Å². The topological polar surface area (TPSA) is 116 Å². The Bertz CT molecular complexity index is 1640. The summed E-state index contributed by atoms with van der Waals surface area (Å²) in [7, 11) is 3.68. The van der Waals surface area contributed by atoms with E-state index in [9.17, 15) is 14.4 Å². The second-order valence-corrected chi connectivity index (χ2v) is 12.0. The van der Waals surface area contributed by atoms with Crippen LogP contribution in [0.15, 0.2) is 91.3 Å². The number of ether oxygens (including phenoxy) is 1. The molecule has 0 saturated carbocycles. The molecular formula is C36H41N5O4. The molecule has 0 fully saturated rings. The molecule has 2 aliphatic heterocycles. The molecule has 4 atom stereocenters. The molecule has 2 bridgehead atoms. The summed E-state index contributed by atoms with van der Waals surface area (Å²) in [6.45, 7) is 3.89. The van der Waals surface area contributed by atoms with E-state index in [2.05, 4.69) is 20.9 Å². The number of amides is 3. The summed E-state index contributed by atoms with van der Waals surface area (Å²) >= 11 is 0. The maximum absolute atomic E-state index is 14.3. The molecular weight excluding hydrogens is 566 g/mol. The summed E-state index contributed by atoms with van der Waals surface area (Å²) < 4.78 is 6.42. The summed E-state index contributed by atoms with van der Waals surface area (Å²) in [4.78, 5) is 46.9. The zero-order valence-electron chi connectivity index (χ0n) is 26.1. The van der Waals surface area contributed by atoms with Gasteiger partial charge in [-0.2, -0.15) is 0 Å². The normalized spacial score (nSPS) is 19.6. The van der Waals surface area contributed by atoms with Gasteiger partial charge in [-0.1, -0.05) is 74.5 Å². The molecule has 234 valence electrons. The van der Waals surface area contributed by atoms with Crippen molar-refractivity contribution >= 4 is 34.7 Å². The van der Waals surface area contributed by atoms with Gasteiger partial charge in [0, 0.05) is 29.7 Å². The Morgan fingerprint density at radius 2 is 1.64 bits per heavy atom. The Kier molecular flexibility index (Phi) is 9.99. The van der Waals surface area contributed by atoms with Gasteiger partial charge in [0.25, 0.3) is 0 Å². The summed E-state index contributed by atoms with van der Waals surface area (Å²) in [5.74, 6) is -0.780. The first-order valence-electron chi connectivity index (χ1n) is 15.3. The summed E-state index contributed by atoms with van der Waals surface area (Å²) in [6, 6.07) is 22.4. The number of hydrogen-bond acceptors (Lipinski definition) is 5. The molecule has 0 saturated heterocycles.